The molecule has 3 nitrogen and oxygen atoms in total. The van der Waals surface area contributed by atoms with Crippen molar-refractivity contribution in [1.82, 2.24) is 4.72 Å². The first-order chi connectivity index (χ1) is 10.4. The number of carbonyl (C=O) groups is 1. The molecule has 0 aliphatic carbocycles. The second-order valence-corrected chi connectivity index (χ2v) is 7.19. The number of hydrogen-bond acceptors (Lipinski definition) is 2. The van der Waals surface area contributed by atoms with Gasteiger partial charge in [-0.3, -0.25) is 9.62 Å². The molecule has 0 spiro atoms. The largest absolute Gasteiger partial charge is 0.336 e. The number of nitrogens with one attached hydrogen (secondary N) is 1. The lowest BCUT2D eigenvalue weighted by molar-refractivity contribution is 0.253. The fourth-order valence-corrected chi connectivity index (χ4v) is 2.35. The number of rotatable bonds is 4. The summed E-state index contributed by atoms with van der Waals surface area (Å²) in [5.74, 6) is 0. The fraction of sp³-hybridized carbons (Fsp3) is 0.0714. The SMILES string of the molecule is O=C(NSC(F)(Cl)Cl)N(c1ccccc1)c1ccc(Cl)cc1. The zero-order valence-corrected chi connectivity index (χ0v) is 14.1. The maximum Gasteiger partial charge on any atom is 0.336 e. The molecule has 2 aromatic carbocycles. The molecule has 0 saturated carbocycles. The van der Waals surface area contributed by atoms with Gasteiger partial charge in [0.1, 0.15) is 0 Å². The molecule has 2 aromatic rings. The Morgan fingerprint density at radius 2 is 1.59 bits per heavy atom. The van der Waals surface area contributed by atoms with Gasteiger partial charge in [-0.25, -0.2) is 4.79 Å². The molecule has 0 aliphatic heterocycles. The van der Waals surface area contributed by atoms with Gasteiger partial charge >= 0.3 is 9.95 Å². The standard InChI is InChI=1S/C14H10Cl3FN2OS/c15-10-6-8-12(9-7-10)20(11-4-2-1-3-5-11)13(21)19-22-14(16,17)18/h1-9H,(H,19,21). The molecule has 1 N–H and O–H groups in total. The summed E-state index contributed by atoms with van der Waals surface area (Å²) in [6.07, 6.45) is 0. The summed E-state index contributed by atoms with van der Waals surface area (Å²) in [4.78, 5) is 13.7. The number of benzene rings is 2. The van der Waals surface area contributed by atoms with Crippen molar-refractivity contribution in [2.24, 2.45) is 0 Å². The van der Waals surface area contributed by atoms with Gasteiger partial charge in [-0.15, -0.1) is 0 Å². The van der Waals surface area contributed by atoms with Crippen LogP contribution in [0.15, 0.2) is 54.6 Å². The van der Waals surface area contributed by atoms with Crippen molar-refractivity contribution >= 4 is 64.2 Å². The van der Waals surface area contributed by atoms with Crippen LogP contribution in [-0.4, -0.2) is 9.95 Å². The molecule has 116 valence electrons. The Bertz CT molecular complexity index is 635. The third-order valence-corrected chi connectivity index (χ3v) is 3.78. The number of nitrogens with zero attached hydrogens (tertiary/aromatic N) is 1. The molecule has 2 amide bonds. The zero-order valence-electron chi connectivity index (χ0n) is 11.0. The first-order valence-electron chi connectivity index (χ1n) is 6.02. The van der Waals surface area contributed by atoms with E-state index in [0.29, 0.717) is 16.4 Å². The molecule has 0 saturated heterocycles. The van der Waals surface area contributed by atoms with E-state index < -0.39 is 9.95 Å². The lowest BCUT2D eigenvalue weighted by Crippen LogP contribution is -2.34. The average molecular weight is 380 g/mol. The fourth-order valence-electron chi connectivity index (χ4n) is 1.70. The highest BCUT2D eigenvalue weighted by Crippen LogP contribution is 2.34. The minimum Gasteiger partial charge on any atom is -0.276 e. The highest BCUT2D eigenvalue weighted by atomic mass is 35.5. The molecule has 2 rings (SSSR count). The molecular formula is C14H10Cl3FN2OS. The van der Waals surface area contributed by atoms with Crippen LogP contribution in [0.5, 0.6) is 0 Å². The summed E-state index contributed by atoms with van der Waals surface area (Å²) < 4.78 is 12.8. The molecule has 0 aromatic heterocycles. The van der Waals surface area contributed by atoms with Gasteiger partial charge in [0.2, 0.25) is 0 Å². The van der Waals surface area contributed by atoms with E-state index in [1.807, 2.05) is 6.07 Å². The van der Waals surface area contributed by atoms with Gasteiger partial charge in [0.15, 0.2) is 0 Å². The minimum absolute atomic E-state index is 0.259. The van der Waals surface area contributed by atoms with Gasteiger partial charge in [-0.1, -0.05) is 53.0 Å². The van der Waals surface area contributed by atoms with Crippen LogP contribution in [0.25, 0.3) is 0 Å². The highest BCUT2D eigenvalue weighted by molar-refractivity contribution is 8.01. The number of carbonyl (C=O) groups excluding carboxylic acids is 1. The molecule has 0 radical (unpaired) electrons. The Labute approximate surface area is 146 Å². The van der Waals surface area contributed by atoms with Crippen LogP contribution in [0, 0.1) is 0 Å². The van der Waals surface area contributed by atoms with Crippen LogP contribution >= 0.6 is 46.8 Å². The number of urea groups is 1. The van der Waals surface area contributed by atoms with E-state index in [4.69, 9.17) is 34.8 Å². The lowest BCUT2D eigenvalue weighted by atomic mass is 10.2. The zero-order chi connectivity index (χ0) is 16.2. The van der Waals surface area contributed by atoms with E-state index in [1.165, 1.54) is 4.90 Å². The monoisotopic (exact) mass is 378 g/mol. The Balaban J connectivity index is 2.30. The number of para-hydroxylation sites is 1. The first kappa shape index (κ1) is 17.2. The van der Waals surface area contributed by atoms with Crippen molar-refractivity contribution in [3.8, 4) is 0 Å². The van der Waals surface area contributed by atoms with E-state index in [0.717, 1.165) is 0 Å². The summed E-state index contributed by atoms with van der Waals surface area (Å²) in [5, 5.41) is 0.538. The normalized spacial score (nSPS) is 11.1. The molecule has 0 fully saturated rings. The Hall–Kier alpha value is -1.14. The van der Waals surface area contributed by atoms with E-state index >= 15 is 0 Å². The summed E-state index contributed by atoms with van der Waals surface area (Å²) in [7, 11) is 0. The Morgan fingerprint density at radius 3 is 2.14 bits per heavy atom. The number of alkyl halides is 3. The van der Waals surface area contributed by atoms with Crippen LogP contribution in [0.1, 0.15) is 0 Å². The van der Waals surface area contributed by atoms with Crippen LogP contribution < -0.4 is 9.62 Å². The first-order valence-corrected chi connectivity index (χ1v) is 7.97. The number of halogens is 4. The summed E-state index contributed by atoms with van der Waals surface area (Å²) in [6.45, 7) is 0. The highest BCUT2D eigenvalue weighted by Gasteiger charge is 2.27. The van der Waals surface area contributed by atoms with Gasteiger partial charge < -0.3 is 0 Å². The molecule has 22 heavy (non-hydrogen) atoms. The predicted octanol–water partition coefficient (Wildman–Crippen LogP) is 5.89. The van der Waals surface area contributed by atoms with Gasteiger partial charge in [0.25, 0.3) is 0 Å². The molecular weight excluding hydrogens is 370 g/mol. The van der Waals surface area contributed by atoms with E-state index in [-0.39, 0.29) is 11.9 Å². The Kier molecular flexibility index (Phi) is 5.81. The quantitative estimate of drug-likeness (QED) is 0.530. The molecule has 0 aliphatic rings. The predicted molar refractivity (Wildman–Crippen MR) is 91.7 cm³/mol. The Morgan fingerprint density at radius 1 is 1.05 bits per heavy atom. The molecule has 8 heteroatoms. The topological polar surface area (TPSA) is 32.3 Å². The van der Waals surface area contributed by atoms with Crippen LogP contribution in [0.4, 0.5) is 20.6 Å². The third-order valence-electron chi connectivity index (χ3n) is 2.56. The smallest absolute Gasteiger partial charge is 0.276 e. The van der Waals surface area contributed by atoms with Gasteiger partial charge in [0, 0.05) is 17.0 Å². The molecule has 0 unspecified atom stereocenters. The summed E-state index contributed by atoms with van der Waals surface area (Å²) in [6, 6.07) is 14.9. The molecule has 0 heterocycles. The minimum atomic E-state index is -2.61. The van der Waals surface area contributed by atoms with E-state index in [9.17, 15) is 9.18 Å². The maximum atomic E-state index is 13.1. The van der Waals surface area contributed by atoms with Crippen LogP contribution in [0.3, 0.4) is 0 Å². The number of hydrogen-bond donors (Lipinski definition) is 1. The van der Waals surface area contributed by atoms with Crippen molar-refractivity contribution in [3.05, 3.63) is 59.6 Å². The van der Waals surface area contributed by atoms with Crippen LogP contribution in [-0.2, 0) is 0 Å². The molecule has 0 atom stereocenters. The van der Waals surface area contributed by atoms with Crippen molar-refractivity contribution < 1.29 is 9.18 Å². The second-order valence-electron chi connectivity index (χ2n) is 4.10. The third kappa shape index (κ3) is 4.95. The van der Waals surface area contributed by atoms with Crippen molar-refractivity contribution in [2.45, 2.75) is 3.92 Å². The summed E-state index contributed by atoms with van der Waals surface area (Å²) in [5.41, 5.74) is 1.15. The maximum absolute atomic E-state index is 13.1. The van der Waals surface area contributed by atoms with Crippen molar-refractivity contribution in [3.63, 3.8) is 0 Å². The number of amides is 2. The van der Waals surface area contributed by atoms with Crippen molar-refractivity contribution in [2.75, 3.05) is 4.90 Å². The van der Waals surface area contributed by atoms with E-state index in [2.05, 4.69) is 4.72 Å². The average Bonchev–Trinajstić information content (AvgIpc) is 2.48. The van der Waals surface area contributed by atoms with E-state index in [1.54, 1.807) is 48.5 Å². The van der Waals surface area contributed by atoms with Crippen molar-refractivity contribution in [1.29, 1.82) is 0 Å². The second kappa shape index (κ2) is 7.42. The van der Waals surface area contributed by atoms with Crippen LogP contribution in [0.2, 0.25) is 5.02 Å². The lowest BCUT2D eigenvalue weighted by Gasteiger charge is -2.23. The van der Waals surface area contributed by atoms with Gasteiger partial charge in [-0.2, -0.15) is 4.39 Å². The number of anilines is 2. The van der Waals surface area contributed by atoms with Gasteiger partial charge in [-0.05, 0) is 36.4 Å². The summed E-state index contributed by atoms with van der Waals surface area (Å²) >= 11 is 16.5. The molecule has 0 bridgehead atoms. The van der Waals surface area contributed by atoms with Gasteiger partial charge in [0.05, 0.1) is 11.4 Å².